The number of hydrogen-bond donors (Lipinski definition) is 1. The molecule has 88 valence electrons. The van der Waals surface area contributed by atoms with E-state index in [0.29, 0.717) is 16.0 Å². The molecule has 1 aromatic rings. The van der Waals surface area contributed by atoms with E-state index in [1.54, 1.807) is 6.07 Å². The van der Waals surface area contributed by atoms with Gasteiger partial charge in [-0.3, -0.25) is 0 Å². The maximum absolute atomic E-state index is 6.15. The van der Waals surface area contributed by atoms with Crippen LogP contribution >= 0.6 is 23.2 Å². The minimum absolute atomic E-state index is 0.488. The maximum atomic E-state index is 6.15. The van der Waals surface area contributed by atoms with Crippen LogP contribution in [0.3, 0.4) is 0 Å². The van der Waals surface area contributed by atoms with Crippen molar-refractivity contribution in [3.8, 4) is 0 Å². The van der Waals surface area contributed by atoms with Gasteiger partial charge in [0, 0.05) is 6.54 Å². The van der Waals surface area contributed by atoms with Crippen molar-refractivity contribution in [2.75, 3.05) is 13.6 Å². The summed E-state index contributed by atoms with van der Waals surface area (Å²) in [5, 5.41) is 4.38. The highest BCUT2D eigenvalue weighted by Gasteiger charge is 2.06. The zero-order valence-electron chi connectivity index (χ0n) is 9.85. The van der Waals surface area contributed by atoms with Gasteiger partial charge < -0.3 is 5.32 Å². The van der Waals surface area contributed by atoms with E-state index in [0.717, 1.165) is 12.1 Å². The van der Waals surface area contributed by atoms with E-state index in [9.17, 15) is 0 Å². The molecule has 0 aliphatic carbocycles. The number of likely N-dealkylation sites (N-methyl/N-ethyl adjacent to an activating group) is 1. The third-order valence-corrected chi connectivity index (χ3v) is 3.28. The minimum Gasteiger partial charge on any atom is -0.316 e. The molecule has 1 nitrogen and oxygen atoms in total. The van der Waals surface area contributed by atoms with Crippen LogP contribution in [0.1, 0.15) is 19.4 Å². The molecule has 0 aliphatic heterocycles. The van der Waals surface area contributed by atoms with Crippen LogP contribution in [-0.2, 0) is 0 Å². The van der Waals surface area contributed by atoms with Gasteiger partial charge in [-0.05, 0) is 24.6 Å². The van der Waals surface area contributed by atoms with Crippen LogP contribution in [0.5, 0.6) is 0 Å². The van der Waals surface area contributed by atoms with Gasteiger partial charge in [-0.25, -0.2) is 0 Å². The Morgan fingerprint density at radius 3 is 2.62 bits per heavy atom. The predicted octanol–water partition coefficient (Wildman–Crippen LogP) is 4.25. The summed E-state index contributed by atoms with van der Waals surface area (Å²) in [7, 11) is 1.94. The van der Waals surface area contributed by atoms with E-state index in [-0.39, 0.29) is 0 Å². The first-order valence-corrected chi connectivity index (χ1v) is 6.11. The molecule has 16 heavy (non-hydrogen) atoms. The normalized spacial score (nSPS) is 12.2. The van der Waals surface area contributed by atoms with Crippen molar-refractivity contribution in [3.63, 3.8) is 0 Å². The van der Waals surface area contributed by atoms with Gasteiger partial charge in [-0.1, -0.05) is 60.8 Å². The second-order valence-corrected chi connectivity index (χ2v) is 4.83. The van der Waals surface area contributed by atoms with Crippen LogP contribution < -0.4 is 5.32 Å². The average molecular weight is 258 g/mol. The standard InChI is InChI=1S/C13H17Cl2N/c1-9(2)11(8-16-3)7-10-5-4-6-12(14)13(10)15/h4-7,9,16H,8H2,1-3H3. The number of rotatable bonds is 4. The molecule has 0 radical (unpaired) electrons. The van der Waals surface area contributed by atoms with E-state index in [1.165, 1.54) is 5.57 Å². The van der Waals surface area contributed by atoms with E-state index >= 15 is 0 Å². The van der Waals surface area contributed by atoms with Gasteiger partial charge in [0.1, 0.15) is 0 Å². The molecule has 1 N–H and O–H groups in total. The molecule has 0 bridgehead atoms. The number of halogens is 2. The molecule has 0 fully saturated rings. The summed E-state index contributed by atoms with van der Waals surface area (Å²) in [4.78, 5) is 0. The Kier molecular flexibility index (Phi) is 5.33. The summed E-state index contributed by atoms with van der Waals surface area (Å²) in [6.45, 7) is 5.20. The number of hydrogen-bond acceptors (Lipinski definition) is 1. The fraction of sp³-hybridized carbons (Fsp3) is 0.385. The van der Waals surface area contributed by atoms with Gasteiger partial charge in [-0.15, -0.1) is 0 Å². The quantitative estimate of drug-likeness (QED) is 0.851. The van der Waals surface area contributed by atoms with Crippen molar-refractivity contribution >= 4 is 29.3 Å². The largest absolute Gasteiger partial charge is 0.316 e. The zero-order chi connectivity index (χ0) is 12.1. The maximum Gasteiger partial charge on any atom is 0.0664 e. The smallest absolute Gasteiger partial charge is 0.0664 e. The topological polar surface area (TPSA) is 12.0 Å². The highest BCUT2D eigenvalue weighted by atomic mass is 35.5. The van der Waals surface area contributed by atoms with Crippen LogP contribution in [0.4, 0.5) is 0 Å². The lowest BCUT2D eigenvalue weighted by Gasteiger charge is -2.11. The Bertz CT molecular complexity index is 384. The van der Waals surface area contributed by atoms with Crippen molar-refractivity contribution in [2.24, 2.45) is 5.92 Å². The summed E-state index contributed by atoms with van der Waals surface area (Å²) in [5.74, 6) is 0.488. The molecule has 0 aliphatic rings. The fourth-order valence-corrected chi connectivity index (χ4v) is 1.82. The monoisotopic (exact) mass is 257 g/mol. The van der Waals surface area contributed by atoms with Gasteiger partial charge in [0.2, 0.25) is 0 Å². The average Bonchev–Trinajstić information content (AvgIpc) is 2.23. The summed E-state index contributed by atoms with van der Waals surface area (Å²) in [6, 6.07) is 5.69. The van der Waals surface area contributed by atoms with Gasteiger partial charge in [0.15, 0.2) is 0 Å². The van der Waals surface area contributed by atoms with Crippen LogP contribution in [0, 0.1) is 5.92 Å². The predicted molar refractivity (Wildman–Crippen MR) is 73.2 cm³/mol. The lowest BCUT2D eigenvalue weighted by Crippen LogP contribution is -2.13. The Labute approximate surface area is 107 Å². The van der Waals surface area contributed by atoms with Gasteiger partial charge in [0.25, 0.3) is 0 Å². The lowest BCUT2D eigenvalue weighted by atomic mass is 10.0. The third-order valence-electron chi connectivity index (χ3n) is 2.44. The molecule has 1 aromatic carbocycles. The Morgan fingerprint density at radius 1 is 1.38 bits per heavy atom. The van der Waals surface area contributed by atoms with Gasteiger partial charge in [-0.2, -0.15) is 0 Å². The van der Waals surface area contributed by atoms with Crippen LogP contribution in [0.2, 0.25) is 10.0 Å². The van der Waals surface area contributed by atoms with E-state index in [2.05, 4.69) is 25.2 Å². The molecule has 3 heteroatoms. The highest BCUT2D eigenvalue weighted by molar-refractivity contribution is 6.42. The second-order valence-electron chi connectivity index (χ2n) is 4.05. The second kappa shape index (κ2) is 6.29. The lowest BCUT2D eigenvalue weighted by molar-refractivity contribution is 0.713. The van der Waals surface area contributed by atoms with Gasteiger partial charge >= 0.3 is 0 Å². The summed E-state index contributed by atoms with van der Waals surface area (Å²) < 4.78 is 0. The van der Waals surface area contributed by atoms with Gasteiger partial charge in [0.05, 0.1) is 10.0 Å². The number of nitrogens with one attached hydrogen (secondary N) is 1. The number of benzene rings is 1. The zero-order valence-corrected chi connectivity index (χ0v) is 11.4. The molecule has 0 saturated carbocycles. The molecular weight excluding hydrogens is 241 g/mol. The molecule has 1 rings (SSSR count). The van der Waals surface area contributed by atoms with Crippen molar-refractivity contribution in [1.29, 1.82) is 0 Å². The van der Waals surface area contributed by atoms with E-state index in [1.807, 2.05) is 19.2 Å². The fourth-order valence-electron chi connectivity index (χ4n) is 1.46. The first-order chi connectivity index (χ1) is 7.56. The molecule has 0 unspecified atom stereocenters. The van der Waals surface area contributed by atoms with Crippen LogP contribution in [0.25, 0.3) is 6.08 Å². The summed E-state index contributed by atoms with van der Waals surface area (Å²) >= 11 is 12.1. The van der Waals surface area contributed by atoms with E-state index < -0.39 is 0 Å². The van der Waals surface area contributed by atoms with Crippen molar-refractivity contribution in [3.05, 3.63) is 39.4 Å². The Balaban J connectivity index is 3.07. The van der Waals surface area contributed by atoms with Crippen molar-refractivity contribution in [1.82, 2.24) is 5.32 Å². The van der Waals surface area contributed by atoms with Crippen molar-refractivity contribution < 1.29 is 0 Å². The molecular formula is C13H17Cl2N. The molecule has 0 heterocycles. The molecule has 0 saturated heterocycles. The molecule has 0 spiro atoms. The van der Waals surface area contributed by atoms with E-state index in [4.69, 9.17) is 23.2 Å². The SMILES string of the molecule is CNCC(=Cc1cccc(Cl)c1Cl)C(C)C. The molecule has 0 aromatic heterocycles. The summed E-state index contributed by atoms with van der Waals surface area (Å²) in [5.41, 5.74) is 2.29. The highest BCUT2D eigenvalue weighted by Crippen LogP contribution is 2.28. The first-order valence-electron chi connectivity index (χ1n) is 5.35. The molecule has 0 amide bonds. The third kappa shape index (κ3) is 3.51. The van der Waals surface area contributed by atoms with Crippen LogP contribution in [-0.4, -0.2) is 13.6 Å². The first kappa shape index (κ1) is 13.6. The Hall–Kier alpha value is -0.500. The van der Waals surface area contributed by atoms with Crippen molar-refractivity contribution in [2.45, 2.75) is 13.8 Å². The molecule has 0 atom stereocenters. The summed E-state index contributed by atoms with van der Waals surface area (Å²) in [6.07, 6.45) is 2.11. The minimum atomic E-state index is 0.488. The van der Waals surface area contributed by atoms with Crippen LogP contribution in [0.15, 0.2) is 23.8 Å². The Morgan fingerprint density at radius 2 is 2.06 bits per heavy atom.